The van der Waals surface area contributed by atoms with Crippen LogP contribution in [-0.2, 0) is 4.79 Å². The third kappa shape index (κ3) is 4.61. The number of thiocarbonyl (C=S) groups is 1. The third-order valence-corrected chi connectivity index (χ3v) is 5.86. The van der Waals surface area contributed by atoms with Gasteiger partial charge in [-0.2, -0.15) is 0 Å². The molecule has 4 rings (SSSR count). The van der Waals surface area contributed by atoms with Crippen molar-refractivity contribution in [3.63, 3.8) is 0 Å². The van der Waals surface area contributed by atoms with E-state index in [2.05, 4.69) is 57.3 Å². The van der Waals surface area contributed by atoms with Crippen molar-refractivity contribution in [2.24, 2.45) is 0 Å². The van der Waals surface area contributed by atoms with Crippen LogP contribution < -0.4 is 10.6 Å². The summed E-state index contributed by atoms with van der Waals surface area (Å²) in [6, 6.07) is 19.8. The summed E-state index contributed by atoms with van der Waals surface area (Å²) in [6.45, 7) is 4.84. The van der Waals surface area contributed by atoms with Crippen LogP contribution in [0.15, 0.2) is 73.1 Å². The molecule has 0 aliphatic carbocycles. The highest BCUT2D eigenvalue weighted by molar-refractivity contribution is 7.80. The molecule has 1 saturated heterocycles. The number of anilines is 1. The summed E-state index contributed by atoms with van der Waals surface area (Å²) < 4.78 is 2.26. The topological polar surface area (TPSA) is 62.2 Å². The van der Waals surface area contributed by atoms with Crippen LogP contribution in [0.5, 0.6) is 0 Å². The number of nitrogens with one attached hydrogen (secondary N) is 2. The fourth-order valence-electron chi connectivity index (χ4n) is 4.06. The molecule has 1 aliphatic rings. The first-order chi connectivity index (χ1) is 15.0. The van der Waals surface area contributed by atoms with E-state index < -0.39 is 0 Å². The molecule has 0 bridgehead atoms. The molecular weight excluding hydrogens is 406 g/mol. The highest BCUT2D eigenvalue weighted by atomic mass is 32.1. The largest absolute Gasteiger partial charge is 0.352 e. The van der Waals surface area contributed by atoms with Gasteiger partial charge in [-0.15, -0.1) is 0 Å². The van der Waals surface area contributed by atoms with E-state index in [0.29, 0.717) is 24.1 Å². The second kappa shape index (κ2) is 9.31. The van der Waals surface area contributed by atoms with Crippen LogP contribution in [0, 0.1) is 0 Å². The molecular formula is C24H27N5OS. The van der Waals surface area contributed by atoms with Crippen LogP contribution in [0.3, 0.4) is 0 Å². The van der Waals surface area contributed by atoms with Crippen molar-refractivity contribution in [3.05, 3.63) is 84.4 Å². The van der Waals surface area contributed by atoms with Crippen molar-refractivity contribution in [1.29, 1.82) is 0 Å². The standard InChI is InChI=1S/C24H27N5OS/c1-17(2)28-15-8-12-20(28)23-22(19-11-6-7-14-25-19)27-24(31)29(23)16-13-21(30)26-18-9-4-3-5-10-18/h3-12,14-15,17,22-23H,13,16H2,1-2H3,(H,26,30)(H,27,31)/t22-,23+/m1/s1. The molecule has 1 fully saturated rings. The number of amides is 1. The molecule has 31 heavy (non-hydrogen) atoms. The Labute approximate surface area is 188 Å². The van der Waals surface area contributed by atoms with Crippen LogP contribution in [0.4, 0.5) is 5.69 Å². The smallest absolute Gasteiger partial charge is 0.226 e. The predicted molar refractivity (Wildman–Crippen MR) is 127 cm³/mol. The van der Waals surface area contributed by atoms with Gasteiger partial charge in [0.1, 0.15) is 0 Å². The maximum absolute atomic E-state index is 12.6. The molecule has 7 heteroatoms. The van der Waals surface area contributed by atoms with Crippen molar-refractivity contribution in [1.82, 2.24) is 19.8 Å². The lowest BCUT2D eigenvalue weighted by Crippen LogP contribution is -2.33. The molecule has 0 unspecified atom stereocenters. The number of rotatable bonds is 7. The number of hydrogen-bond donors (Lipinski definition) is 2. The van der Waals surface area contributed by atoms with Gasteiger partial charge in [-0.05, 0) is 62.5 Å². The van der Waals surface area contributed by atoms with E-state index in [1.165, 1.54) is 0 Å². The summed E-state index contributed by atoms with van der Waals surface area (Å²) >= 11 is 5.71. The Kier molecular flexibility index (Phi) is 6.32. The van der Waals surface area contributed by atoms with Crippen LogP contribution in [0.1, 0.15) is 49.8 Å². The van der Waals surface area contributed by atoms with E-state index in [9.17, 15) is 4.79 Å². The quantitative estimate of drug-likeness (QED) is 0.539. The van der Waals surface area contributed by atoms with E-state index in [1.54, 1.807) is 6.20 Å². The third-order valence-electron chi connectivity index (χ3n) is 5.51. The summed E-state index contributed by atoms with van der Waals surface area (Å²) in [5.74, 6) is -0.0340. The zero-order valence-electron chi connectivity index (χ0n) is 17.7. The second-order valence-corrected chi connectivity index (χ2v) is 8.30. The Morgan fingerprint density at radius 1 is 1.13 bits per heavy atom. The Morgan fingerprint density at radius 2 is 1.90 bits per heavy atom. The van der Waals surface area contributed by atoms with Gasteiger partial charge in [-0.25, -0.2) is 0 Å². The number of hydrogen-bond acceptors (Lipinski definition) is 3. The van der Waals surface area contributed by atoms with E-state index >= 15 is 0 Å². The van der Waals surface area contributed by atoms with Crippen LogP contribution in [0.25, 0.3) is 0 Å². The molecule has 2 N–H and O–H groups in total. The number of para-hydroxylation sites is 1. The van der Waals surface area contributed by atoms with Gasteiger partial charge in [-0.3, -0.25) is 9.78 Å². The minimum Gasteiger partial charge on any atom is -0.352 e. The summed E-state index contributed by atoms with van der Waals surface area (Å²) in [6.07, 6.45) is 4.23. The van der Waals surface area contributed by atoms with Gasteiger partial charge < -0.3 is 20.1 Å². The Bertz CT molecular complexity index is 1030. The molecule has 6 nitrogen and oxygen atoms in total. The van der Waals surface area contributed by atoms with Gasteiger partial charge in [0.15, 0.2) is 5.11 Å². The number of benzene rings is 1. The Hall–Kier alpha value is -3.19. The maximum atomic E-state index is 12.6. The van der Waals surface area contributed by atoms with Gasteiger partial charge >= 0.3 is 0 Å². The SMILES string of the molecule is CC(C)n1cccc1[C@H]1[C@@H](c2ccccn2)NC(=S)N1CCC(=O)Nc1ccccc1. The summed E-state index contributed by atoms with van der Waals surface area (Å²) in [5.41, 5.74) is 2.88. The average molecular weight is 434 g/mol. The highest BCUT2D eigenvalue weighted by Gasteiger charge is 2.41. The zero-order chi connectivity index (χ0) is 21.8. The molecule has 1 aliphatic heterocycles. The van der Waals surface area contributed by atoms with Crippen LogP contribution in [-0.4, -0.2) is 32.0 Å². The first-order valence-corrected chi connectivity index (χ1v) is 10.9. The minimum absolute atomic E-state index is 0.0340. The molecule has 0 radical (unpaired) electrons. The fourth-order valence-corrected chi connectivity index (χ4v) is 4.39. The summed E-state index contributed by atoms with van der Waals surface area (Å²) in [7, 11) is 0. The molecule has 160 valence electrons. The van der Waals surface area contributed by atoms with Crippen molar-refractivity contribution < 1.29 is 4.79 Å². The lowest BCUT2D eigenvalue weighted by atomic mass is 10.0. The second-order valence-electron chi connectivity index (χ2n) is 7.92. The number of nitrogens with zero attached hydrogens (tertiary/aromatic N) is 3. The molecule has 0 saturated carbocycles. The first kappa shape index (κ1) is 21.1. The molecule has 2 atom stereocenters. The van der Waals surface area contributed by atoms with Crippen LogP contribution >= 0.6 is 12.2 Å². The van der Waals surface area contributed by atoms with Crippen molar-refractivity contribution in [2.75, 3.05) is 11.9 Å². The fraction of sp³-hybridized carbons (Fsp3) is 0.292. The lowest BCUT2D eigenvalue weighted by Gasteiger charge is -2.29. The van der Waals surface area contributed by atoms with E-state index in [0.717, 1.165) is 17.1 Å². The number of pyridine rings is 1. The summed E-state index contributed by atoms with van der Waals surface area (Å²) in [4.78, 5) is 19.3. The van der Waals surface area contributed by atoms with Gasteiger partial charge in [0.25, 0.3) is 0 Å². The Balaban J connectivity index is 1.58. The van der Waals surface area contributed by atoms with E-state index in [1.807, 2.05) is 48.5 Å². The minimum atomic E-state index is -0.0849. The van der Waals surface area contributed by atoms with Crippen molar-refractivity contribution >= 4 is 28.9 Å². The number of carbonyl (C=O) groups excluding carboxylic acids is 1. The number of carbonyl (C=O) groups is 1. The van der Waals surface area contributed by atoms with Gasteiger partial charge in [0.05, 0.1) is 17.8 Å². The van der Waals surface area contributed by atoms with Crippen molar-refractivity contribution in [2.45, 2.75) is 38.4 Å². The molecule has 3 aromatic rings. The van der Waals surface area contributed by atoms with Crippen LogP contribution in [0.2, 0.25) is 0 Å². The van der Waals surface area contributed by atoms with Gasteiger partial charge in [0, 0.05) is 42.8 Å². The van der Waals surface area contributed by atoms with Gasteiger partial charge in [-0.1, -0.05) is 24.3 Å². The normalized spacial score (nSPS) is 18.3. The van der Waals surface area contributed by atoms with Crippen molar-refractivity contribution in [3.8, 4) is 0 Å². The molecule has 1 aromatic carbocycles. The predicted octanol–water partition coefficient (Wildman–Crippen LogP) is 4.47. The monoisotopic (exact) mass is 433 g/mol. The maximum Gasteiger partial charge on any atom is 0.226 e. The highest BCUT2D eigenvalue weighted by Crippen LogP contribution is 2.39. The number of aromatic nitrogens is 2. The Morgan fingerprint density at radius 3 is 2.61 bits per heavy atom. The van der Waals surface area contributed by atoms with E-state index in [4.69, 9.17) is 12.2 Å². The zero-order valence-corrected chi connectivity index (χ0v) is 18.5. The van der Waals surface area contributed by atoms with Gasteiger partial charge in [0.2, 0.25) is 5.91 Å². The molecule has 1 amide bonds. The first-order valence-electron chi connectivity index (χ1n) is 10.5. The molecule has 0 spiro atoms. The molecule has 3 heterocycles. The molecule has 2 aromatic heterocycles. The summed E-state index contributed by atoms with van der Waals surface area (Å²) in [5, 5.41) is 7.05. The van der Waals surface area contributed by atoms with E-state index in [-0.39, 0.29) is 18.0 Å². The average Bonchev–Trinajstić information content (AvgIpc) is 3.38. The lowest BCUT2D eigenvalue weighted by molar-refractivity contribution is -0.116.